The van der Waals surface area contributed by atoms with Crippen LogP contribution in [0.3, 0.4) is 0 Å². The summed E-state index contributed by atoms with van der Waals surface area (Å²) >= 11 is 0. The Morgan fingerprint density at radius 1 is 1.42 bits per heavy atom. The molecule has 1 aliphatic rings. The molecular formula is C21H31N9O6S2. The van der Waals surface area contributed by atoms with Crippen LogP contribution in [-0.2, 0) is 14.4 Å². The predicted octanol–water partition coefficient (Wildman–Crippen LogP) is 1.37. The fourth-order valence-electron chi connectivity index (χ4n) is 3.62. The van der Waals surface area contributed by atoms with Crippen LogP contribution < -0.4 is 16.5 Å². The van der Waals surface area contributed by atoms with Gasteiger partial charge < -0.3 is 21.1 Å². The van der Waals surface area contributed by atoms with Gasteiger partial charge in [0, 0.05) is 40.6 Å². The minimum atomic E-state index is -0.903. The molecule has 38 heavy (non-hydrogen) atoms. The summed E-state index contributed by atoms with van der Waals surface area (Å²) in [5, 5.41) is 27.0. The summed E-state index contributed by atoms with van der Waals surface area (Å²) < 4.78 is 0. The van der Waals surface area contributed by atoms with E-state index in [0.29, 0.717) is 43.8 Å². The van der Waals surface area contributed by atoms with Crippen LogP contribution in [0.4, 0.5) is 11.4 Å². The van der Waals surface area contributed by atoms with Crippen LogP contribution in [0, 0.1) is 10.1 Å². The van der Waals surface area contributed by atoms with Crippen molar-refractivity contribution in [2.45, 2.75) is 31.3 Å². The zero-order valence-electron chi connectivity index (χ0n) is 20.8. The van der Waals surface area contributed by atoms with Crippen LogP contribution in [0.2, 0.25) is 0 Å². The Labute approximate surface area is 227 Å². The third-order valence-corrected chi connectivity index (χ3v) is 7.76. The fourth-order valence-corrected chi connectivity index (χ4v) is 5.24. The van der Waals surface area contributed by atoms with E-state index in [4.69, 9.17) is 16.4 Å². The molecule has 0 bridgehead atoms. The lowest BCUT2D eigenvalue weighted by Gasteiger charge is -2.21. The Morgan fingerprint density at radius 2 is 2.18 bits per heavy atom. The van der Waals surface area contributed by atoms with Gasteiger partial charge in [-0.25, -0.2) is 10.4 Å². The second-order valence-corrected chi connectivity index (χ2v) is 10.9. The highest BCUT2D eigenvalue weighted by atomic mass is 33.1. The van der Waals surface area contributed by atoms with Crippen molar-refractivity contribution in [2.24, 2.45) is 10.8 Å². The molecule has 0 aromatic heterocycles. The molecule has 15 nitrogen and oxygen atoms in total. The van der Waals surface area contributed by atoms with Crippen LogP contribution in [0.5, 0.6) is 0 Å². The number of hydrogen-bond donors (Lipinski definition) is 4. The first-order valence-electron chi connectivity index (χ1n) is 11.7. The van der Waals surface area contributed by atoms with Crippen LogP contribution in [0.15, 0.2) is 23.3 Å². The van der Waals surface area contributed by atoms with Gasteiger partial charge in [0.2, 0.25) is 11.8 Å². The average Bonchev–Trinajstić information content (AvgIpc) is 3.14. The highest BCUT2D eigenvalue weighted by Gasteiger charge is 2.39. The van der Waals surface area contributed by atoms with E-state index in [1.165, 1.54) is 39.8 Å². The number of nitro benzene ring substituents is 1. The van der Waals surface area contributed by atoms with Gasteiger partial charge in [0.05, 0.1) is 23.7 Å². The summed E-state index contributed by atoms with van der Waals surface area (Å²) in [5.41, 5.74) is 17.8. The van der Waals surface area contributed by atoms with Crippen LogP contribution in [0.1, 0.15) is 30.9 Å². The standard InChI is InChI=1S/C21H31N9O6S2/c1-28(8-5-16(22)15-4-3-14(26-27-23)11-18(15)30(35)36)7-2-6-24-29-20(33)12-17(21(29)34)25-19(32)13-38-37-10-9-31/h3-4,11,16-17,24,31H,2,5-10,12-13,22H2,1H3,(H,25,32). The zero-order chi connectivity index (χ0) is 28.1. The monoisotopic (exact) mass is 569 g/mol. The van der Waals surface area contributed by atoms with Gasteiger partial charge >= 0.3 is 0 Å². The minimum absolute atomic E-state index is 0.0132. The van der Waals surface area contributed by atoms with Gasteiger partial charge in [-0.15, -0.1) is 0 Å². The molecule has 1 aliphatic heterocycles. The lowest BCUT2D eigenvalue weighted by atomic mass is 10.0. The Balaban J connectivity index is 1.73. The molecule has 2 unspecified atom stereocenters. The van der Waals surface area contributed by atoms with E-state index >= 15 is 0 Å². The van der Waals surface area contributed by atoms with Gasteiger partial charge in [0.1, 0.15) is 6.04 Å². The number of nitrogens with one attached hydrogen (secondary N) is 2. The number of benzene rings is 1. The molecular weight excluding hydrogens is 538 g/mol. The van der Waals surface area contributed by atoms with E-state index in [0.717, 1.165) is 5.01 Å². The van der Waals surface area contributed by atoms with Gasteiger partial charge in [0.15, 0.2) is 0 Å². The van der Waals surface area contributed by atoms with Gasteiger partial charge in [-0.2, -0.15) is 0 Å². The normalized spacial score (nSPS) is 16.0. The first-order chi connectivity index (χ1) is 18.2. The summed E-state index contributed by atoms with van der Waals surface area (Å²) in [7, 11) is 4.47. The van der Waals surface area contributed by atoms with E-state index < -0.39 is 28.8 Å². The van der Waals surface area contributed by atoms with Crippen molar-refractivity contribution in [1.82, 2.24) is 20.7 Å². The summed E-state index contributed by atoms with van der Waals surface area (Å²) in [5.74, 6) is -0.681. The second kappa shape index (κ2) is 16.1. The van der Waals surface area contributed by atoms with Crippen LogP contribution in [0.25, 0.3) is 10.4 Å². The van der Waals surface area contributed by atoms with Crippen molar-refractivity contribution in [3.05, 3.63) is 44.3 Å². The molecule has 1 saturated heterocycles. The van der Waals surface area contributed by atoms with Gasteiger partial charge in [-0.05, 0) is 38.5 Å². The van der Waals surface area contributed by atoms with Crippen molar-refractivity contribution in [3.8, 4) is 0 Å². The smallest absolute Gasteiger partial charge is 0.274 e. The number of aliphatic hydroxyl groups excluding tert-OH is 1. The highest BCUT2D eigenvalue weighted by molar-refractivity contribution is 8.76. The number of nitrogens with two attached hydrogens (primary N) is 1. The van der Waals surface area contributed by atoms with Crippen LogP contribution >= 0.6 is 21.6 Å². The number of carbonyl (C=O) groups excluding carboxylic acids is 3. The van der Waals surface area contributed by atoms with Gasteiger partial charge in [0.25, 0.3) is 11.6 Å². The molecule has 208 valence electrons. The summed E-state index contributed by atoms with van der Waals surface area (Å²) in [6.45, 7) is 1.51. The number of azide groups is 1. The third kappa shape index (κ3) is 9.75. The van der Waals surface area contributed by atoms with Crippen molar-refractivity contribution >= 4 is 50.7 Å². The van der Waals surface area contributed by atoms with E-state index in [1.807, 2.05) is 11.9 Å². The molecule has 0 radical (unpaired) electrons. The number of hydrogen-bond acceptors (Lipinski definition) is 12. The molecule has 3 amide bonds. The van der Waals surface area contributed by atoms with Crippen molar-refractivity contribution in [3.63, 3.8) is 0 Å². The van der Waals surface area contributed by atoms with Crippen molar-refractivity contribution in [2.75, 3.05) is 44.8 Å². The van der Waals surface area contributed by atoms with E-state index in [-0.39, 0.29) is 36.1 Å². The number of rotatable bonds is 17. The maximum absolute atomic E-state index is 12.5. The Morgan fingerprint density at radius 3 is 2.87 bits per heavy atom. The highest BCUT2D eigenvalue weighted by Crippen LogP contribution is 2.30. The molecule has 5 N–H and O–H groups in total. The number of hydrazine groups is 1. The molecule has 1 aromatic carbocycles. The van der Waals surface area contributed by atoms with E-state index in [9.17, 15) is 24.5 Å². The predicted molar refractivity (Wildman–Crippen MR) is 144 cm³/mol. The molecule has 0 spiro atoms. The van der Waals surface area contributed by atoms with Gasteiger partial charge in [-0.3, -0.25) is 24.5 Å². The maximum Gasteiger partial charge on any atom is 0.274 e. The van der Waals surface area contributed by atoms with E-state index in [2.05, 4.69) is 20.8 Å². The number of carbonyl (C=O) groups is 3. The number of amides is 3. The SMILES string of the molecule is CN(CCCNN1C(=O)CC(NC(=O)CSSCCO)C1=O)CCC(N)c1ccc(N=[N+]=[N-])cc1[N+](=O)[O-]. The Bertz CT molecular complexity index is 1060. The molecule has 1 fully saturated rings. The minimum Gasteiger partial charge on any atom is -0.395 e. The molecule has 0 saturated carbocycles. The zero-order valence-corrected chi connectivity index (χ0v) is 22.4. The number of nitro groups is 1. The Kier molecular flexibility index (Phi) is 13.3. The molecule has 2 atom stereocenters. The summed E-state index contributed by atoms with van der Waals surface area (Å²) in [6, 6.07) is 2.66. The average molecular weight is 570 g/mol. The molecule has 1 aromatic rings. The first-order valence-corrected chi connectivity index (χ1v) is 14.2. The molecule has 1 heterocycles. The topological polar surface area (TPSA) is 220 Å². The van der Waals surface area contributed by atoms with Crippen LogP contribution in [-0.4, -0.2) is 88.5 Å². The van der Waals surface area contributed by atoms with Crippen molar-refractivity contribution < 1.29 is 24.4 Å². The number of imide groups is 1. The van der Waals surface area contributed by atoms with Crippen molar-refractivity contribution in [1.29, 1.82) is 0 Å². The molecule has 2 rings (SSSR count). The fraction of sp³-hybridized carbons (Fsp3) is 0.571. The quantitative estimate of drug-likeness (QED) is 0.0306. The lowest BCUT2D eigenvalue weighted by molar-refractivity contribution is -0.385. The number of aliphatic hydroxyl groups is 1. The maximum atomic E-state index is 12.5. The largest absolute Gasteiger partial charge is 0.395 e. The number of nitrogens with zero attached hydrogens (tertiary/aromatic N) is 6. The molecule has 17 heteroatoms. The summed E-state index contributed by atoms with van der Waals surface area (Å²) in [4.78, 5) is 52.1. The lowest BCUT2D eigenvalue weighted by Crippen LogP contribution is -2.48. The Hall–Kier alpha value is -2.92. The third-order valence-electron chi connectivity index (χ3n) is 5.51. The second-order valence-electron chi connectivity index (χ2n) is 8.35. The van der Waals surface area contributed by atoms with Gasteiger partial charge in [-0.1, -0.05) is 38.8 Å². The first kappa shape index (κ1) is 31.3. The molecule has 0 aliphatic carbocycles. The van der Waals surface area contributed by atoms with E-state index in [1.54, 1.807) is 0 Å². The summed E-state index contributed by atoms with van der Waals surface area (Å²) in [6.07, 6.45) is 0.923.